The Morgan fingerprint density at radius 2 is 2.29 bits per heavy atom. The Kier molecular flexibility index (Phi) is 5.33. The number of allylic oxidation sites excluding steroid dienone is 1. The van der Waals surface area contributed by atoms with E-state index in [1.807, 2.05) is 7.05 Å². The smallest absolute Gasteiger partial charge is 0.108 e. The molecule has 1 nitrogen and oxygen atoms in total. The molecule has 42 valence electrons. The molecule has 0 heterocycles. The van der Waals surface area contributed by atoms with Crippen LogP contribution in [0.5, 0.6) is 0 Å². The van der Waals surface area contributed by atoms with Gasteiger partial charge in [0, 0.05) is 6.54 Å². The van der Waals surface area contributed by atoms with E-state index in [0.717, 1.165) is 6.54 Å². The molecule has 0 saturated carbocycles. The molecule has 0 spiro atoms. The van der Waals surface area contributed by atoms with Crippen LogP contribution < -0.4 is 5.32 Å². The van der Waals surface area contributed by atoms with E-state index in [0.29, 0.717) is 0 Å². The second-order valence-corrected chi connectivity index (χ2v) is 1.18. The molecule has 0 saturated heterocycles. The first-order valence-electron chi connectivity index (χ1n) is 2.27. The molecule has 0 aliphatic heterocycles. The molecule has 0 aliphatic rings. The minimum absolute atomic E-state index is 0.359. The number of likely N-dealkylation sites (N-methyl/N-ethyl adjacent to an activating group) is 1. The van der Waals surface area contributed by atoms with E-state index in [1.165, 1.54) is 6.08 Å². The van der Waals surface area contributed by atoms with Crippen LogP contribution in [-0.2, 0) is 0 Å². The molecule has 7 heavy (non-hydrogen) atoms. The minimum atomic E-state index is -0.359. The zero-order chi connectivity index (χ0) is 5.54. The fourth-order valence-electron chi connectivity index (χ4n) is 0.264. The summed E-state index contributed by atoms with van der Waals surface area (Å²) in [4.78, 5) is 0. The van der Waals surface area contributed by atoms with Gasteiger partial charge >= 0.3 is 0 Å². The molecule has 0 unspecified atom stereocenters. The SMILES string of the molecule is CNCC=CCF. The molecular formula is C5H10FN. The fourth-order valence-corrected chi connectivity index (χ4v) is 0.264. The molecule has 1 N–H and O–H groups in total. The Morgan fingerprint density at radius 1 is 1.57 bits per heavy atom. The summed E-state index contributed by atoms with van der Waals surface area (Å²) < 4.78 is 11.2. The van der Waals surface area contributed by atoms with Crippen LogP contribution in [0.25, 0.3) is 0 Å². The molecule has 0 aromatic carbocycles. The van der Waals surface area contributed by atoms with Crippen molar-refractivity contribution in [1.82, 2.24) is 5.32 Å². The third-order valence-electron chi connectivity index (χ3n) is 0.578. The number of hydrogen-bond acceptors (Lipinski definition) is 1. The number of halogens is 1. The predicted molar refractivity (Wildman–Crippen MR) is 29.0 cm³/mol. The summed E-state index contributed by atoms with van der Waals surface area (Å²) in [6.07, 6.45) is 3.23. The third-order valence-corrected chi connectivity index (χ3v) is 0.578. The summed E-state index contributed by atoms with van der Waals surface area (Å²) in [6.45, 7) is 0.394. The van der Waals surface area contributed by atoms with Crippen LogP contribution in [0.1, 0.15) is 0 Å². The zero-order valence-corrected chi connectivity index (χ0v) is 4.45. The van der Waals surface area contributed by atoms with Crippen LogP contribution in [0.15, 0.2) is 12.2 Å². The van der Waals surface area contributed by atoms with E-state index in [2.05, 4.69) is 5.32 Å². The van der Waals surface area contributed by atoms with Gasteiger partial charge in [-0.05, 0) is 7.05 Å². The molecule has 0 rings (SSSR count). The van der Waals surface area contributed by atoms with Crippen LogP contribution in [0.4, 0.5) is 4.39 Å². The van der Waals surface area contributed by atoms with E-state index >= 15 is 0 Å². The van der Waals surface area contributed by atoms with Crippen molar-refractivity contribution in [3.63, 3.8) is 0 Å². The van der Waals surface area contributed by atoms with Gasteiger partial charge in [0.1, 0.15) is 6.67 Å². The van der Waals surface area contributed by atoms with Crippen LogP contribution >= 0.6 is 0 Å². The molecule has 0 bridgehead atoms. The van der Waals surface area contributed by atoms with Gasteiger partial charge in [-0.25, -0.2) is 4.39 Å². The lowest BCUT2D eigenvalue weighted by molar-refractivity contribution is 0.561. The standard InChI is InChI=1S/C5H10FN/c1-7-5-3-2-4-6/h2-3,7H,4-5H2,1H3. The van der Waals surface area contributed by atoms with Crippen molar-refractivity contribution in [2.24, 2.45) is 0 Å². The van der Waals surface area contributed by atoms with Gasteiger partial charge in [-0.1, -0.05) is 12.2 Å². The van der Waals surface area contributed by atoms with Crippen molar-refractivity contribution >= 4 is 0 Å². The average Bonchev–Trinajstić information content (AvgIpc) is 1.69. The van der Waals surface area contributed by atoms with Crippen LogP contribution in [0.3, 0.4) is 0 Å². The maximum atomic E-state index is 11.2. The maximum absolute atomic E-state index is 11.2. The first-order chi connectivity index (χ1) is 3.41. The average molecular weight is 103 g/mol. The first kappa shape index (κ1) is 6.63. The summed E-state index contributed by atoms with van der Waals surface area (Å²) in [5.74, 6) is 0. The predicted octanol–water partition coefficient (Wildman–Crippen LogP) is 0.732. The second kappa shape index (κ2) is 5.63. The lowest BCUT2D eigenvalue weighted by Crippen LogP contribution is -2.03. The molecule has 0 amide bonds. The van der Waals surface area contributed by atoms with Crippen LogP contribution in [-0.4, -0.2) is 20.3 Å². The maximum Gasteiger partial charge on any atom is 0.108 e. The number of rotatable bonds is 3. The molecular weight excluding hydrogens is 93.1 g/mol. The fraction of sp³-hybridized carbons (Fsp3) is 0.600. The van der Waals surface area contributed by atoms with Gasteiger partial charge in [-0.15, -0.1) is 0 Å². The zero-order valence-electron chi connectivity index (χ0n) is 4.45. The van der Waals surface area contributed by atoms with E-state index < -0.39 is 0 Å². The Morgan fingerprint density at radius 3 is 2.71 bits per heavy atom. The third kappa shape index (κ3) is 5.63. The number of alkyl halides is 1. The van der Waals surface area contributed by atoms with Gasteiger partial charge in [0.25, 0.3) is 0 Å². The summed E-state index contributed by atoms with van der Waals surface area (Å²) in [6, 6.07) is 0. The monoisotopic (exact) mass is 103 g/mol. The molecule has 0 aromatic heterocycles. The van der Waals surface area contributed by atoms with Crippen molar-refractivity contribution in [3.8, 4) is 0 Å². The van der Waals surface area contributed by atoms with E-state index in [1.54, 1.807) is 6.08 Å². The van der Waals surface area contributed by atoms with Crippen LogP contribution in [0, 0.1) is 0 Å². The van der Waals surface area contributed by atoms with Crippen LogP contribution in [0.2, 0.25) is 0 Å². The topological polar surface area (TPSA) is 12.0 Å². The Labute approximate surface area is 43.2 Å². The van der Waals surface area contributed by atoms with Gasteiger partial charge in [0.05, 0.1) is 0 Å². The highest BCUT2D eigenvalue weighted by Gasteiger charge is 1.67. The molecule has 0 fully saturated rings. The quantitative estimate of drug-likeness (QED) is 0.519. The number of nitrogens with one attached hydrogen (secondary N) is 1. The summed E-state index contributed by atoms with van der Waals surface area (Å²) in [5, 5.41) is 2.85. The first-order valence-corrected chi connectivity index (χ1v) is 2.27. The molecule has 0 atom stereocenters. The summed E-state index contributed by atoms with van der Waals surface area (Å²) >= 11 is 0. The number of hydrogen-bond donors (Lipinski definition) is 1. The Hall–Kier alpha value is -0.370. The van der Waals surface area contributed by atoms with Crippen molar-refractivity contribution in [2.45, 2.75) is 0 Å². The molecule has 2 heteroatoms. The lowest BCUT2D eigenvalue weighted by Gasteiger charge is -1.83. The van der Waals surface area contributed by atoms with Gasteiger partial charge in [-0.2, -0.15) is 0 Å². The second-order valence-electron chi connectivity index (χ2n) is 1.18. The minimum Gasteiger partial charge on any atom is -0.316 e. The highest BCUT2D eigenvalue weighted by atomic mass is 19.1. The molecule has 0 aliphatic carbocycles. The van der Waals surface area contributed by atoms with Gasteiger partial charge in [0.15, 0.2) is 0 Å². The summed E-state index contributed by atoms with van der Waals surface area (Å²) in [5.41, 5.74) is 0. The molecule has 0 radical (unpaired) electrons. The van der Waals surface area contributed by atoms with Gasteiger partial charge < -0.3 is 5.32 Å². The Balaban J connectivity index is 2.78. The van der Waals surface area contributed by atoms with Crippen molar-refractivity contribution in [1.29, 1.82) is 0 Å². The lowest BCUT2D eigenvalue weighted by atomic mass is 10.5. The van der Waals surface area contributed by atoms with Gasteiger partial charge in [-0.3, -0.25) is 0 Å². The summed E-state index contributed by atoms with van der Waals surface area (Å²) in [7, 11) is 1.82. The largest absolute Gasteiger partial charge is 0.316 e. The van der Waals surface area contributed by atoms with Crippen molar-refractivity contribution in [3.05, 3.63) is 12.2 Å². The highest BCUT2D eigenvalue weighted by molar-refractivity contribution is 4.82. The van der Waals surface area contributed by atoms with E-state index in [4.69, 9.17) is 0 Å². The van der Waals surface area contributed by atoms with Crippen molar-refractivity contribution in [2.75, 3.05) is 20.3 Å². The molecule has 0 aromatic rings. The Bertz CT molecular complexity index is 52.0. The van der Waals surface area contributed by atoms with E-state index in [9.17, 15) is 4.39 Å². The van der Waals surface area contributed by atoms with E-state index in [-0.39, 0.29) is 6.67 Å². The van der Waals surface area contributed by atoms with Crippen molar-refractivity contribution < 1.29 is 4.39 Å². The highest BCUT2D eigenvalue weighted by Crippen LogP contribution is 1.69. The normalized spacial score (nSPS) is 10.6. The van der Waals surface area contributed by atoms with Gasteiger partial charge in [0.2, 0.25) is 0 Å².